The summed E-state index contributed by atoms with van der Waals surface area (Å²) in [6.07, 6.45) is 1.97. The first kappa shape index (κ1) is 21.0. The Morgan fingerprint density at radius 1 is 1.19 bits per heavy atom. The van der Waals surface area contributed by atoms with Crippen LogP contribution in [0, 0.1) is 0 Å². The number of nitrogens with one attached hydrogen (secondary N) is 1. The second-order valence-corrected chi connectivity index (χ2v) is 9.66. The van der Waals surface area contributed by atoms with E-state index in [2.05, 4.69) is 29.2 Å². The second kappa shape index (κ2) is 8.92. The third kappa shape index (κ3) is 4.23. The first-order valence-corrected chi connectivity index (χ1v) is 12.1. The molecule has 0 atom stereocenters. The van der Waals surface area contributed by atoms with Gasteiger partial charge in [-0.1, -0.05) is 29.4 Å². The lowest BCUT2D eigenvalue weighted by atomic mass is 10.0. The van der Waals surface area contributed by atoms with E-state index in [-0.39, 0.29) is 11.9 Å². The standard InChI is InChI=1S/C25H28N4O2S/c1-17(2)28-11-9-19(10-12-28)26-25(30)22-14-18-6-3-4-7-21(18)29(22)16-20-15-23(31-27-20)24-8-5-13-32-24/h3-8,13-15,17,19H,9-12,16H2,1-2H3,(H,26,30). The van der Waals surface area contributed by atoms with Gasteiger partial charge >= 0.3 is 0 Å². The smallest absolute Gasteiger partial charge is 0.268 e. The fraction of sp³-hybridized carbons (Fsp3) is 0.360. The molecule has 1 aromatic carbocycles. The Hall–Kier alpha value is -2.90. The molecule has 0 radical (unpaired) electrons. The van der Waals surface area contributed by atoms with Crippen LogP contribution in [0.3, 0.4) is 0 Å². The molecule has 0 saturated carbocycles. The van der Waals surface area contributed by atoms with Gasteiger partial charge in [-0.3, -0.25) is 4.79 Å². The molecule has 1 aliphatic rings. The average molecular weight is 449 g/mol. The SMILES string of the molecule is CC(C)N1CCC(NC(=O)c2cc3ccccc3n2Cc2cc(-c3cccs3)on2)CC1. The molecule has 1 saturated heterocycles. The summed E-state index contributed by atoms with van der Waals surface area (Å²) in [6, 6.07) is 16.8. The molecule has 0 spiro atoms. The fourth-order valence-corrected chi connectivity index (χ4v) is 5.14. The lowest BCUT2D eigenvalue weighted by Crippen LogP contribution is -2.46. The highest BCUT2D eigenvalue weighted by atomic mass is 32.1. The summed E-state index contributed by atoms with van der Waals surface area (Å²) >= 11 is 1.62. The van der Waals surface area contributed by atoms with Gasteiger partial charge in [0.1, 0.15) is 11.4 Å². The van der Waals surface area contributed by atoms with Crippen molar-refractivity contribution in [2.75, 3.05) is 13.1 Å². The molecule has 4 heterocycles. The van der Waals surface area contributed by atoms with Crippen molar-refractivity contribution in [3.8, 4) is 10.6 Å². The molecular weight excluding hydrogens is 420 g/mol. The van der Waals surface area contributed by atoms with Gasteiger partial charge in [0.15, 0.2) is 5.76 Å². The number of hydrogen-bond donors (Lipinski definition) is 1. The summed E-state index contributed by atoms with van der Waals surface area (Å²) in [7, 11) is 0. The number of aromatic nitrogens is 2. The lowest BCUT2D eigenvalue weighted by Gasteiger charge is -2.34. The van der Waals surface area contributed by atoms with Crippen LogP contribution in [0.2, 0.25) is 0 Å². The predicted molar refractivity (Wildman–Crippen MR) is 128 cm³/mol. The largest absolute Gasteiger partial charge is 0.355 e. The van der Waals surface area contributed by atoms with Crippen molar-refractivity contribution in [1.29, 1.82) is 0 Å². The third-order valence-electron chi connectivity index (χ3n) is 6.28. The first-order chi connectivity index (χ1) is 15.6. The monoisotopic (exact) mass is 448 g/mol. The number of amides is 1. The molecule has 166 valence electrons. The van der Waals surface area contributed by atoms with Gasteiger partial charge in [0.25, 0.3) is 5.91 Å². The Balaban J connectivity index is 1.38. The number of para-hydroxylation sites is 1. The topological polar surface area (TPSA) is 63.3 Å². The molecule has 1 aliphatic heterocycles. The van der Waals surface area contributed by atoms with Crippen LogP contribution in [0.15, 0.2) is 58.4 Å². The maximum atomic E-state index is 13.3. The molecule has 0 bridgehead atoms. The molecule has 0 unspecified atom stereocenters. The van der Waals surface area contributed by atoms with Crippen molar-refractivity contribution in [1.82, 2.24) is 19.9 Å². The van der Waals surface area contributed by atoms with Gasteiger partial charge in [-0.25, -0.2) is 0 Å². The minimum atomic E-state index is -0.0221. The summed E-state index contributed by atoms with van der Waals surface area (Å²) in [4.78, 5) is 16.8. The zero-order valence-corrected chi connectivity index (χ0v) is 19.3. The van der Waals surface area contributed by atoms with Gasteiger partial charge < -0.3 is 19.3 Å². The molecule has 1 fully saturated rings. The van der Waals surface area contributed by atoms with E-state index in [1.165, 1.54) is 0 Å². The molecular formula is C25H28N4O2S. The Bertz CT molecular complexity index is 1200. The number of carbonyl (C=O) groups excluding carboxylic acids is 1. The highest BCUT2D eigenvalue weighted by Crippen LogP contribution is 2.27. The van der Waals surface area contributed by atoms with Crippen molar-refractivity contribution in [2.45, 2.75) is 45.3 Å². The van der Waals surface area contributed by atoms with Gasteiger partial charge in [0, 0.05) is 42.1 Å². The first-order valence-electron chi connectivity index (χ1n) is 11.2. The van der Waals surface area contributed by atoms with E-state index in [4.69, 9.17) is 4.52 Å². The van der Waals surface area contributed by atoms with Crippen molar-refractivity contribution in [2.24, 2.45) is 0 Å². The number of benzene rings is 1. The zero-order valence-electron chi connectivity index (χ0n) is 18.5. The molecule has 3 aromatic heterocycles. The number of rotatable bonds is 6. The number of carbonyl (C=O) groups is 1. The van der Waals surface area contributed by atoms with Crippen LogP contribution < -0.4 is 5.32 Å². The van der Waals surface area contributed by atoms with Crippen LogP contribution in [0.5, 0.6) is 0 Å². The number of hydrogen-bond acceptors (Lipinski definition) is 5. The minimum Gasteiger partial charge on any atom is -0.355 e. The van der Waals surface area contributed by atoms with E-state index in [1.54, 1.807) is 11.3 Å². The Morgan fingerprint density at radius 3 is 2.75 bits per heavy atom. The molecule has 6 nitrogen and oxygen atoms in total. The van der Waals surface area contributed by atoms with Gasteiger partial charge in [-0.05, 0) is 50.3 Å². The van der Waals surface area contributed by atoms with Crippen LogP contribution in [-0.2, 0) is 6.54 Å². The highest BCUT2D eigenvalue weighted by Gasteiger charge is 2.24. The zero-order chi connectivity index (χ0) is 22.1. The Kier molecular flexibility index (Phi) is 5.85. The maximum Gasteiger partial charge on any atom is 0.268 e. The maximum absolute atomic E-state index is 13.3. The number of likely N-dealkylation sites (tertiary alicyclic amines) is 1. The summed E-state index contributed by atoms with van der Waals surface area (Å²) in [5, 5.41) is 10.6. The van der Waals surface area contributed by atoms with Gasteiger partial charge in [0.05, 0.1) is 11.4 Å². The molecule has 0 aliphatic carbocycles. The van der Waals surface area contributed by atoms with E-state index >= 15 is 0 Å². The van der Waals surface area contributed by atoms with Crippen molar-refractivity contribution >= 4 is 28.1 Å². The van der Waals surface area contributed by atoms with Crippen LogP contribution >= 0.6 is 11.3 Å². The van der Waals surface area contributed by atoms with Crippen LogP contribution in [0.25, 0.3) is 21.5 Å². The molecule has 1 N–H and O–H groups in total. The third-order valence-corrected chi connectivity index (χ3v) is 7.17. The van der Waals surface area contributed by atoms with E-state index < -0.39 is 0 Å². The number of thiophene rings is 1. The van der Waals surface area contributed by atoms with E-state index in [9.17, 15) is 4.79 Å². The van der Waals surface area contributed by atoms with Crippen molar-refractivity contribution < 1.29 is 9.32 Å². The normalized spacial score (nSPS) is 15.6. The predicted octanol–water partition coefficient (Wildman–Crippen LogP) is 5.01. The molecule has 4 aromatic rings. The number of fused-ring (bicyclic) bond motifs is 1. The summed E-state index contributed by atoms with van der Waals surface area (Å²) in [5.41, 5.74) is 2.49. The lowest BCUT2D eigenvalue weighted by molar-refractivity contribution is 0.0892. The summed E-state index contributed by atoms with van der Waals surface area (Å²) in [5.74, 6) is 0.737. The summed E-state index contributed by atoms with van der Waals surface area (Å²) in [6.45, 7) is 6.99. The highest BCUT2D eigenvalue weighted by molar-refractivity contribution is 7.13. The quantitative estimate of drug-likeness (QED) is 0.450. The van der Waals surface area contributed by atoms with E-state index in [0.29, 0.717) is 18.3 Å². The van der Waals surface area contributed by atoms with Crippen LogP contribution in [0.1, 0.15) is 42.9 Å². The van der Waals surface area contributed by atoms with Crippen LogP contribution in [0.4, 0.5) is 0 Å². The Labute approximate surface area is 191 Å². The fourth-order valence-electron chi connectivity index (χ4n) is 4.47. The van der Waals surface area contributed by atoms with Gasteiger partial charge in [0.2, 0.25) is 0 Å². The molecule has 7 heteroatoms. The van der Waals surface area contributed by atoms with Gasteiger partial charge in [-0.2, -0.15) is 0 Å². The Morgan fingerprint density at radius 2 is 2.00 bits per heavy atom. The van der Waals surface area contributed by atoms with Crippen molar-refractivity contribution in [3.05, 3.63) is 65.3 Å². The van der Waals surface area contributed by atoms with E-state index in [1.807, 2.05) is 58.5 Å². The van der Waals surface area contributed by atoms with E-state index in [0.717, 1.165) is 53.2 Å². The van der Waals surface area contributed by atoms with Gasteiger partial charge in [-0.15, -0.1) is 11.3 Å². The average Bonchev–Trinajstić information content (AvgIpc) is 3.55. The number of nitrogens with zero attached hydrogens (tertiary/aromatic N) is 3. The molecule has 1 amide bonds. The second-order valence-electron chi connectivity index (χ2n) is 8.71. The van der Waals surface area contributed by atoms with Crippen LogP contribution in [-0.4, -0.2) is 45.7 Å². The van der Waals surface area contributed by atoms with Crippen molar-refractivity contribution in [3.63, 3.8) is 0 Å². The number of piperidine rings is 1. The summed E-state index contributed by atoms with van der Waals surface area (Å²) < 4.78 is 7.61. The minimum absolute atomic E-state index is 0.0221. The molecule has 32 heavy (non-hydrogen) atoms. The molecule has 5 rings (SSSR count).